The third kappa shape index (κ3) is 5.47. The van der Waals surface area contributed by atoms with E-state index in [0.29, 0.717) is 18.4 Å². The van der Waals surface area contributed by atoms with Crippen molar-refractivity contribution in [2.45, 2.75) is 32.4 Å². The van der Waals surface area contributed by atoms with E-state index in [-0.39, 0.29) is 12.2 Å². The number of aliphatic carboxylic acids is 1. The first-order valence-electron chi connectivity index (χ1n) is 6.44. The number of carbonyl (C=O) groups is 2. The van der Waals surface area contributed by atoms with Gasteiger partial charge in [0.1, 0.15) is 6.04 Å². The summed E-state index contributed by atoms with van der Waals surface area (Å²) in [5.41, 5.74) is 0.648. The Hall–Kier alpha value is -2.64. The van der Waals surface area contributed by atoms with Crippen LogP contribution in [-0.2, 0) is 11.3 Å². The zero-order valence-electron chi connectivity index (χ0n) is 11.5. The van der Waals surface area contributed by atoms with E-state index in [0.717, 1.165) is 0 Å². The van der Waals surface area contributed by atoms with Crippen molar-refractivity contribution in [2.24, 2.45) is 0 Å². The number of carbonyl (C=O) groups excluding carboxylic acids is 1. The van der Waals surface area contributed by atoms with E-state index in [1.165, 1.54) is 24.3 Å². The summed E-state index contributed by atoms with van der Waals surface area (Å²) in [6, 6.07) is 4.22. The summed E-state index contributed by atoms with van der Waals surface area (Å²) in [4.78, 5) is 32.5. The van der Waals surface area contributed by atoms with Crippen molar-refractivity contribution >= 4 is 17.7 Å². The van der Waals surface area contributed by atoms with E-state index >= 15 is 0 Å². The first kappa shape index (κ1) is 16.4. The van der Waals surface area contributed by atoms with E-state index in [1.807, 2.05) is 6.92 Å². The highest BCUT2D eigenvalue weighted by atomic mass is 16.6. The van der Waals surface area contributed by atoms with E-state index in [9.17, 15) is 19.7 Å². The van der Waals surface area contributed by atoms with Gasteiger partial charge in [-0.15, -0.1) is 0 Å². The monoisotopic (exact) mass is 295 g/mol. The second-order valence-corrected chi connectivity index (χ2v) is 4.43. The number of benzene rings is 1. The number of non-ortho nitro benzene ring substituents is 1. The zero-order valence-corrected chi connectivity index (χ0v) is 11.5. The summed E-state index contributed by atoms with van der Waals surface area (Å²) in [7, 11) is 0. The Morgan fingerprint density at radius 2 is 1.95 bits per heavy atom. The molecule has 0 aliphatic heterocycles. The Bertz CT molecular complexity index is 515. The lowest BCUT2D eigenvalue weighted by molar-refractivity contribution is -0.384. The van der Waals surface area contributed by atoms with Gasteiger partial charge in [0.25, 0.3) is 5.69 Å². The van der Waals surface area contributed by atoms with Gasteiger partial charge in [0.2, 0.25) is 0 Å². The average molecular weight is 295 g/mol. The van der Waals surface area contributed by atoms with Crippen LogP contribution in [0, 0.1) is 10.1 Å². The van der Waals surface area contributed by atoms with Crippen molar-refractivity contribution in [3.05, 3.63) is 39.9 Å². The van der Waals surface area contributed by atoms with Gasteiger partial charge >= 0.3 is 12.0 Å². The smallest absolute Gasteiger partial charge is 0.326 e. The molecule has 1 rings (SSSR count). The molecule has 1 unspecified atom stereocenters. The van der Waals surface area contributed by atoms with Gasteiger partial charge in [-0.3, -0.25) is 10.1 Å². The second kappa shape index (κ2) is 7.83. The molecule has 0 aliphatic rings. The number of nitro groups is 1. The molecule has 1 aromatic carbocycles. The molecule has 1 atom stereocenters. The number of rotatable bonds is 7. The van der Waals surface area contributed by atoms with E-state index in [1.54, 1.807) is 0 Å². The number of hydrogen-bond acceptors (Lipinski definition) is 4. The van der Waals surface area contributed by atoms with Crippen LogP contribution in [0.2, 0.25) is 0 Å². The molecule has 114 valence electrons. The van der Waals surface area contributed by atoms with E-state index in [2.05, 4.69) is 10.6 Å². The molecule has 8 heteroatoms. The molecule has 0 saturated carbocycles. The maximum absolute atomic E-state index is 11.6. The SMILES string of the molecule is CCCC(NC(=O)NCc1ccc([N+](=O)[O-])cc1)C(=O)O. The van der Waals surface area contributed by atoms with Gasteiger partial charge in [-0.25, -0.2) is 9.59 Å². The third-order valence-electron chi connectivity index (χ3n) is 2.78. The highest BCUT2D eigenvalue weighted by molar-refractivity contribution is 5.82. The van der Waals surface area contributed by atoms with Crippen LogP contribution in [0.3, 0.4) is 0 Å². The summed E-state index contributed by atoms with van der Waals surface area (Å²) in [6.07, 6.45) is 0.986. The number of urea groups is 1. The fourth-order valence-corrected chi connectivity index (χ4v) is 1.67. The molecule has 2 amide bonds. The molecular weight excluding hydrogens is 278 g/mol. The van der Waals surface area contributed by atoms with Gasteiger partial charge in [0.05, 0.1) is 4.92 Å². The van der Waals surface area contributed by atoms with Gasteiger partial charge in [0.15, 0.2) is 0 Å². The van der Waals surface area contributed by atoms with Gasteiger partial charge in [-0.2, -0.15) is 0 Å². The Morgan fingerprint density at radius 1 is 1.33 bits per heavy atom. The molecule has 3 N–H and O–H groups in total. The van der Waals surface area contributed by atoms with E-state index < -0.39 is 23.0 Å². The van der Waals surface area contributed by atoms with Crippen LogP contribution < -0.4 is 10.6 Å². The minimum Gasteiger partial charge on any atom is -0.480 e. The van der Waals surface area contributed by atoms with Crippen LogP contribution >= 0.6 is 0 Å². The van der Waals surface area contributed by atoms with Gasteiger partial charge in [-0.05, 0) is 12.0 Å². The average Bonchev–Trinajstić information content (AvgIpc) is 2.45. The summed E-state index contributed by atoms with van der Waals surface area (Å²) in [5.74, 6) is -1.08. The topological polar surface area (TPSA) is 122 Å². The van der Waals surface area contributed by atoms with Crippen molar-refractivity contribution in [2.75, 3.05) is 0 Å². The number of hydrogen-bond donors (Lipinski definition) is 3. The minimum atomic E-state index is -1.08. The van der Waals surface area contributed by atoms with Gasteiger partial charge in [0, 0.05) is 18.7 Å². The lowest BCUT2D eigenvalue weighted by Crippen LogP contribution is -2.45. The quantitative estimate of drug-likeness (QED) is 0.521. The van der Waals surface area contributed by atoms with Crippen LogP contribution in [-0.4, -0.2) is 28.1 Å². The Labute approximate surface area is 121 Å². The van der Waals surface area contributed by atoms with Crippen LogP contribution in [0.15, 0.2) is 24.3 Å². The molecule has 0 fully saturated rings. The molecule has 0 saturated heterocycles. The molecule has 0 aliphatic carbocycles. The molecule has 0 bridgehead atoms. The highest BCUT2D eigenvalue weighted by Gasteiger charge is 2.18. The fraction of sp³-hybridized carbons (Fsp3) is 0.385. The molecule has 0 radical (unpaired) electrons. The molecule has 0 heterocycles. The predicted octanol–water partition coefficient (Wildman–Crippen LogP) is 1.65. The van der Waals surface area contributed by atoms with Gasteiger partial charge < -0.3 is 15.7 Å². The van der Waals surface area contributed by atoms with Crippen LogP contribution in [0.1, 0.15) is 25.3 Å². The Kier molecular flexibility index (Phi) is 6.12. The number of nitrogens with one attached hydrogen (secondary N) is 2. The molecule has 8 nitrogen and oxygen atoms in total. The second-order valence-electron chi connectivity index (χ2n) is 4.43. The lowest BCUT2D eigenvalue weighted by Gasteiger charge is -2.14. The largest absolute Gasteiger partial charge is 0.480 e. The first-order chi connectivity index (χ1) is 9.93. The summed E-state index contributed by atoms with van der Waals surface area (Å²) in [6.45, 7) is 1.98. The van der Waals surface area contributed by atoms with Crippen molar-refractivity contribution < 1.29 is 19.6 Å². The third-order valence-corrected chi connectivity index (χ3v) is 2.78. The molecular formula is C13H17N3O5. The fourth-order valence-electron chi connectivity index (χ4n) is 1.67. The summed E-state index contributed by atoms with van der Waals surface area (Å²) >= 11 is 0. The Balaban J connectivity index is 2.48. The first-order valence-corrected chi connectivity index (χ1v) is 6.44. The summed E-state index contributed by atoms with van der Waals surface area (Å²) in [5, 5.41) is 24.3. The van der Waals surface area contributed by atoms with Crippen molar-refractivity contribution in [3.8, 4) is 0 Å². The number of carboxylic acids is 1. The summed E-state index contributed by atoms with van der Waals surface area (Å²) < 4.78 is 0. The molecule has 1 aromatic rings. The number of amides is 2. The van der Waals surface area contributed by atoms with Crippen LogP contribution in [0.25, 0.3) is 0 Å². The predicted molar refractivity (Wildman–Crippen MR) is 74.8 cm³/mol. The standard InChI is InChI=1S/C13H17N3O5/c1-2-3-11(12(17)18)15-13(19)14-8-9-4-6-10(7-5-9)16(20)21/h4-7,11H,2-3,8H2,1H3,(H,17,18)(H2,14,15,19). The van der Waals surface area contributed by atoms with Crippen LogP contribution in [0.5, 0.6) is 0 Å². The molecule has 0 spiro atoms. The van der Waals surface area contributed by atoms with E-state index in [4.69, 9.17) is 5.11 Å². The zero-order chi connectivity index (χ0) is 15.8. The normalized spacial score (nSPS) is 11.5. The highest BCUT2D eigenvalue weighted by Crippen LogP contribution is 2.11. The minimum absolute atomic E-state index is 0.0305. The Morgan fingerprint density at radius 3 is 2.43 bits per heavy atom. The van der Waals surface area contributed by atoms with Crippen LogP contribution in [0.4, 0.5) is 10.5 Å². The van der Waals surface area contributed by atoms with Crippen molar-refractivity contribution in [3.63, 3.8) is 0 Å². The molecule has 0 aromatic heterocycles. The number of carboxylic acid groups (broad SMARTS) is 1. The maximum Gasteiger partial charge on any atom is 0.326 e. The number of nitro benzene ring substituents is 1. The number of nitrogens with zero attached hydrogens (tertiary/aromatic N) is 1. The maximum atomic E-state index is 11.6. The van der Waals surface area contributed by atoms with Gasteiger partial charge in [-0.1, -0.05) is 25.5 Å². The van der Waals surface area contributed by atoms with Crippen molar-refractivity contribution in [1.82, 2.24) is 10.6 Å². The van der Waals surface area contributed by atoms with Crippen molar-refractivity contribution in [1.29, 1.82) is 0 Å². The lowest BCUT2D eigenvalue weighted by atomic mass is 10.2. The molecule has 21 heavy (non-hydrogen) atoms.